The summed E-state index contributed by atoms with van der Waals surface area (Å²) < 4.78 is 8.08. The van der Waals surface area contributed by atoms with Gasteiger partial charge in [0.25, 0.3) is 0 Å². The molecule has 7 nitrogen and oxygen atoms in total. The first-order valence-corrected chi connectivity index (χ1v) is 8.59. The fourth-order valence-electron chi connectivity index (χ4n) is 3.46. The molecule has 1 aliphatic rings. The van der Waals surface area contributed by atoms with Gasteiger partial charge in [0, 0.05) is 12.1 Å². The molecule has 0 spiro atoms. The zero-order valence-corrected chi connectivity index (χ0v) is 14.0. The molecule has 1 saturated carbocycles. The van der Waals surface area contributed by atoms with Crippen LogP contribution in [-0.2, 0) is 11.3 Å². The fourth-order valence-corrected chi connectivity index (χ4v) is 3.46. The fraction of sp³-hybridized carbons (Fsp3) is 0.263. The van der Waals surface area contributed by atoms with Crippen molar-refractivity contribution in [3.05, 3.63) is 59.7 Å². The molecule has 0 radical (unpaired) electrons. The van der Waals surface area contributed by atoms with Crippen molar-refractivity contribution < 1.29 is 4.74 Å². The molecule has 0 aliphatic heterocycles. The highest BCUT2D eigenvalue weighted by Gasteiger charge is 2.34. The van der Waals surface area contributed by atoms with Gasteiger partial charge in [0.15, 0.2) is 11.3 Å². The average molecular weight is 344 g/mol. The average Bonchev–Trinajstić information content (AvgIpc) is 3.27. The van der Waals surface area contributed by atoms with Gasteiger partial charge >= 0.3 is 0 Å². The van der Waals surface area contributed by atoms with E-state index in [9.17, 15) is 0 Å². The van der Waals surface area contributed by atoms with E-state index in [2.05, 4.69) is 30.6 Å². The molecule has 3 heterocycles. The Labute approximate surface area is 149 Å². The quantitative estimate of drug-likeness (QED) is 0.614. The minimum Gasteiger partial charge on any atom is -0.373 e. The van der Waals surface area contributed by atoms with E-state index in [4.69, 9.17) is 10.00 Å². The van der Waals surface area contributed by atoms with Crippen LogP contribution in [-0.4, -0.2) is 30.7 Å². The summed E-state index contributed by atoms with van der Waals surface area (Å²) in [6.07, 6.45) is 5.72. The first kappa shape index (κ1) is 15.0. The van der Waals surface area contributed by atoms with Crippen LogP contribution in [0.4, 0.5) is 0 Å². The minimum atomic E-state index is 0.228. The highest BCUT2D eigenvalue weighted by Crippen LogP contribution is 2.38. The summed E-state index contributed by atoms with van der Waals surface area (Å²) in [4.78, 5) is 7.48. The van der Waals surface area contributed by atoms with E-state index in [1.807, 2.05) is 36.5 Å². The van der Waals surface area contributed by atoms with Crippen molar-refractivity contribution in [3.8, 4) is 6.07 Å². The maximum atomic E-state index is 8.84. The van der Waals surface area contributed by atoms with E-state index in [-0.39, 0.29) is 6.10 Å². The lowest BCUT2D eigenvalue weighted by Gasteiger charge is -2.34. The van der Waals surface area contributed by atoms with Gasteiger partial charge in [0.2, 0.25) is 0 Å². The number of aromatic amines is 1. The molecule has 1 N–H and O–H groups in total. The number of hydrogen-bond donors (Lipinski definition) is 1. The summed E-state index contributed by atoms with van der Waals surface area (Å²) in [6.45, 7) is 0.565. The number of aromatic nitrogens is 5. The van der Waals surface area contributed by atoms with Crippen LogP contribution in [0.5, 0.6) is 0 Å². The van der Waals surface area contributed by atoms with Crippen LogP contribution in [0, 0.1) is 11.3 Å². The Morgan fingerprint density at radius 3 is 2.85 bits per heavy atom. The SMILES string of the molecule is N#Cc1ccc(CO[C@H]2C[C@@H](c3nnc4cnc5[nH]ccc5n43)C2)cc1. The van der Waals surface area contributed by atoms with Crippen LogP contribution < -0.4 is 0 Å². The maximum absolute atomic E-state index is 8.84. The van der Waals surface area contributed by atoms with Crippen molar-refractivity contribution >= 4 is 16.8 Å². The van der Waals surface area contributed by atoms with Gasteiger partial charge in [-0.15, -0.1) is 10.2 Å². The molecule has 26 heavy (non-hydrogen) atoms. The lowest BCUT2D eigenvalue weighted by Crippen LogP contribution is -2.31. The lowest BCUT2D eigenvalue weighted by molar-refractivity contribution is -0.0224. The predicted molar refractivity (Wildman–Crippen MR) is 94.3 cm³/mol. The molecule has 0 unspecified atom stereocenters. The van der Waals surface area contributed by atoms with E-state index in [1.165, 1.54) is 0 Å². The van der Waals surface area contributed by atoms with E-state index in [0.717, 1.165) is 41.0 Å². The van der Waals surface area contributed by atoms with E-state index < -0.39 is 0 Å². The number of rotatable bonds is 4. The van der Waals surface area contributed by atoms with Crippen LogP contribution in [0.3, 0.4) is 0 Å². The second-order valence-corrected chi connectivity index (χ2v) is 6.63. The summed E-state index contributed by atoms with van der Waals surface area (Å²) in [7, 11) is 0. The Kier molecular flexibility index (Phi) is 3.43. The van der Waals surface area contributed by atoms with Crippen molar-refractivity contribution in [2.75, 3.05) is 0 Å². The number of H-pyrrole nitrogens is 1. The zero-order chi connectivity index (χ0) is 17.5. The first-order chi connectivity index (χ1) is 12.8. The number of ether oxygens (including phenoxy) is 1. The van der Waals surface area contributed by atoms with Gasteiger partial charge < -0.3 is 9.72 Å². The minimum absolute atomic E-state index is 0.228. The molecule has 0 saturated heterocycles. The molecule has 128 valence electrons. The highest BCUT2D eigenvalue weighted by molar-refractivity contribution is 5.74. The second kappa shape index (κ2) is 5.93. The van der Waals surface area contributed by atoms with Crippen molar-refractivity contribution in [3.63, 3.8) is 0 Å². The van der Waals surface area contributed by atoms with Gasteiger partial charge in [-0.2, -0.15) is 5.26 Å². The van der Waals surface area contributed by atoms with Crippen LogP contribution in [0.25, 0.3) is 16.8 Å². The molecule has 1 aromatic carbocycles. The Balaban J connectivity index is 1.27. The molecule has 4 aromatic rings. The molecule has 3 aromatic heterocycles. The van der Waals surface area contributed by atoms with Crippen LogP contribution in [0.15, 0.2) is 42.7 Å². The number of nitrogens with one attached hydrogen (secondary N) is 1. The van der Waals surface area contributed by atoms with E-state index in [0.29, 0.717) is 18.1 Å². The smallest absolute Gasteiger partial charge is 0.179 e. The van der Waals surface area contributed by atoms with Crippen molar-refractivity contribution in [2.45, 2.75) is 31.5 Å². The molecule has 0 bridgehead atoms. The Hall–Kier alpha value is -3.24. The lowest BCUT2D eigenvalue weighted by atomic mass is 9.81. The van der Waals surface area contributed by atoms with Crippen LogP contribution in [0.2, 0.25) is 0 Å². The predicted octanol–water partition coefficient (Wildman–Crippen LogP) is 2.94. The third kappa shape index (κ3) is 2.43. The number of hydrogen-bond acceptors (Lipinski definition) is 5. The van der Waals surface area contributed by atoms with Gasteiger partial charge in [-0.3, -0.25) is 4.40 Å². The number of nitrogens with zero attached hydrogens (tertiary/aromatic N) is 5. The summed E-state index contributed by atoms with van der Waals surface area (Å²) in [5.41, 5.74) is 4.37. The molecule has 7 heteroatoms. The molecular formula is C19H16N6O. The molecule has 1 fully saturated rings. The third-order valence-corrected chi connectivity index (χ3v) is 5.00. The van der Waals surface area contributed by atoms with Crippen molar-refractivity contribution in [1.29, 1.82) is 5.26 Å². The van der Waals surface area contributed by atoms with E-state index in [1.54, 1.807) is 6.20 Å². The zero-order valence-electron chi connectivity index (χ0n) is 14.0. The largest absolute Gasteiger partial charge is 0.373 e. The van der Waals surface area contributed by atoms with Gasteiger partial charge in [-0.25, -0.2) is 4.98 Å². The molecule has 0 atom stereocenters. The van der Waals surface area contributed by atoms with Crippen molar-refractivity contribution in [1.82, 2.24) is 24.6 Å². The third-order valence-electron chi connectivity index (χ3n) is 5.00. The summed E-state index contributed by atoms with van der Waals surface area (Å²) >= 11 is 0. The van der Waals surface area contributed by atoms with Gasteiger partial charge in [-0.1, -0.05) is 12.1 Å². The number of fused-ring (bicyclic) bond motifs is 3. The Morgan fingerprint density at radius 2 is 2.04 bits per heavy atom. The van der Waals surface area contributed by atoms with Crippen LogP contribution >= 0.6 is 0 Å². The van der Waals surface area contributed by atoms with Gasteiger partial charge in [0.05, 0.1) is 36.1 Å². The maximum Gasteiger partial charge on any atom is 0.179 e. The molecule has 5 rings (SSSR count). The standard InChI is InChI=1S/C19H16N6O/c20-9-12-1-3-13(4-2-12)11-26-15-7-14(8-15)19-24-23-17-10-22-18-16(25(17)19)5-6-21-18/h1-6,10,14-15,21H,7-8,11H2/t14-,15+. The van der Waals surface area contributed by atoms with E-state index >= 15 is 0 Å². The summed E-state index contributed by atoms with van der Waals surface area (Å²) in [6, 6.07) is 11.6. The number of benzene rings is 1. The van der Waals surface area contributed by atoms with Gasteiger partial charge in [0.1, 0.15) is 5.82 Å². The topological polar surface area (TPSA) is 91.9 Å². The number of nitriles is 1. The first-order valence-electron chi connectivity index (χ1n) is 8.59. The summed E-state index contributed by atoms with van der Waals surface area (Å²) in [5, 5.41) is 17.5. The van der Waals surface area contributed by atoms with Crippen molar-refractivity contribution in [2.24, 2.45) is 0 Å². The highest BCUT2D eigenvalue weighted by atomic mass is 16.5. The molecule has 0 amide bonds. The molecule has 1 aliphatic carbocycles. The van der Waals surface area contributed by atoms with Gasteiger partial charge in [-0.05, 0) is 36.6 Å². The van der Waals surface area contributed by atoms with Crippen LogP contribution in [0.1, 0.15) is 35.7 Å². The Morgan fingerprint density at radius 1 is 1.19 bits per heavy atom. The molecular weight excluding hydrogens is 328 g/mol. The Bertz CT molecular complexity index is 1110. The monoisotopic (exact) mass is 344 g/mol. The normalized spacial score (nSPS) is 19.5. The second-order valence-electron chi connectivity index (χ2n) is 6.63. The summed E-state index contributed by atoms with van der Waals surface area (Å²) in [5.74, 6) is 1.32.